The minimum atomic E-state index is -0.994. The number of aryl methyl sites for hydroxylation is 1. The zero-order valence-electron chi connectivity index (χ0n) is 10.4. The molecule has 0 saturated heterocycles. The summed E-state index contributed by atoms with van der Waals surface area (Å²) < 4.78 is 0. The van der Waals surface area contributed by atoms with Crippen molar-refractivity contribution in [2.24, 2.45) is 0 Å². The van der Waals surface area contributed by atoms with Crippen molar-refractivity contribution in [1.29, 1.82) is 0 Å². The fourth-order valence-corrected chi connectivity index (χ4v) is 2.60. The second kappa shape index (κ2) is 5.53. The summed E-state index contributed by atoms with van der Waals surface area (Å²) in [5.74, 6) is -1.19. The highest BCUT2D eigenvalue weighted by Crippen LogP contribution is 2.25. The van der Waals surface area contributed by atoms with Crippen LogP contribution in [0.1, 0.15) is 22.3 Å². The van der Waals surface area contributed by atoms with E-state index in [1.54, 1.807) is 6.07 Å². The summed E-state index contributed by atoms with van der Waals surface area (Å²) in [6.45, 7) is 1.99. The van der Waals surface area contributed by atoms with Crippen LogP contribution < -0.4 is 0 Å². The highest BCUT2D eigenvalue weighted by atomic mass is 79.9. The van der Waals surface area contributed by atoms with E-state index in [-0.39, 0.29) is 12.2 Å². The number of carbonyl (C=O) groups is 2. The lowest BCUT2D eigenvalue weighted by atomic mass is 9.96. The number of carbonyl (C=O) groups excluding carboxylic acids is 1. The van der Waals surface area contributed by atoms with Crippen LogP contribution in [-0.2, 0) is 4.79 Å². The number of Topliss-reactive ketones (excluding diaryl/α,β-unsaturated/α-hetero) is 1. The van der Waals surface area contributed by atoms with Crippen LogP contribution in [0.3, 0.4) is 0 Å². The smallest absolute Gasteiger partial charge is 0.304 e. The fraction of sp³-hybridized carbons (Fsp3) is 0.200. The summed E-state index contributed by atoms with van der Waals surface area (Å²) in [7, 11) is 0. The Labute approximate surface area is 119 Å². The number of hydrogen-bond acceptors (Lipinski definition) is 2. The van der Waals surface area contributed by atoms with E-state index < -0.39 is 10.8 Å². The number of rotatable bonds is 4. The van der Waals surface area contributed by atoms with Crippen LogP contribution in [0, 0.1) is 6.92 Å². The standard InChI is InChI=1S/C15H13BrO3/c1-9-6-7-12(11-5-3-2-4-10(9)11)15(19)13(16)8-14(17)18/h2-7,13H,8H2,1H3,(H,17,18). The van der Waals surface area contributed by atoms with Gasteiger partial charge in [-0.05, 0) is 23.3 Å². The van der Waals surface area contributed by atoms with Gasteiger partial charge >= 0.3 is 5.97 Å². The van der Waals surface area contributed by atoms with Crippen molar-refractivity contribution in [1.82, 2.24) is 0 Å². The number of aliphatic carboxylic acids is 1. The summed E-state index contributed by atoms with van der Waals surface area (Å²) in [6.07, 6.45) is -0.221. The molecule has 2 rings (SSSR count). The van der Waals surface area contributed by atoms with E-state index in [1.165, 1.54) is 0 Å². The van der Waals surface area contributed by atoms with E-state index in [0.29, 0.717) is 5.56 Å². The van der Waals surface area contributed by atoms with Gasteiger partial charge in [0.15, 0.2) is 5.78 Å². The number of ketones is 1. The summed E-state index contributed by atoms with van der Waals surface area (Å²) in [5.41, 5.74) is 1.65. The van der Waals surface area contributed by atoms with Gasteiger partial charge in [-0.1, -0.05) is 52.3 Å². The maximum atomic E-state index is 12.3. The van der Waals surface area contributed by atoms with Gasteiger partial charge in [0.25, 0.3) is 0 Å². The van der Waals surface area contributed by atoms with Gasteiger partial charge in [-0.3, -0.25) is 9.59 Å². The molecule has 0 aliphatic heterocycles. The molecule has 0 aliphatic carbocycles. The van der Waals surface area contributed by atoms with Crippen molar-refractivity contribution in [2.75, 3.05) is 0 Å². The van der Waals surface area contributed by atoms with Crippen LogP contribution in [0.15, 0.2) is 36.4 Å². The second-order valence-corrected chi connectivity index (χ2v) is 5.51. The third kappa shape index (κ3) is 2.84. The first-order valence-corrected chi connectivity index (χ1v) is 6.80. The van der Waals surface area contributed by atoms with Gasteiger partial charge in [0, 0.05) is 5.56 Å². The third-order valence-electron chi connectivity index (χ3n) is 3.05. The van der Waals surface area contributed by atoms with Crippen molar-refractivity contribution in [3.05, 3.63) is 47.5 Å². The molecule has 0 saturated carbocycles. The lowest BCUT2D eigenvalue weighted by molar-refractivity contribution is -0.136. The first-order chi connectivity index (χ1) is 9.00. The normalized spacial score (nSPS) is 12.3. The third-order valence-corrected chi connectivity index (χ3v) is 3.79. The second-order valence-electron chi connectivity index (χ2n) is 4.41. The number of alkyl halides is 1. The first-order valence-electron chi connectivity index (χ1n) is 5.89. The molecule has 98 valence electrons. The molecule has 0 amide bonds. The number of carboxylic acids is 1. The van der Waals surface area contributed by atoms with Gasteiger partial charge in [-0.25, -0.2) is 0 Å². The number of halogens is 1. The lowest BCUT2D eigenvalue weighted by Gasteiger charge is -2.11. The zero-order valence-corrected chi connectivity index (χ0v) is 12.0. The number of fused-ring (bicyclic) bond motifs is 1. The maximum Gasteiger partial charge on any atom is 0.304 e. The minimum Gasteiger partial charge on any atom is -0.481 e. The van der Waals surface area contributed by atoms with Crippen LogP contribution in [0.2, 0.25) is 0 Å². The predicted octanol–water partition coefficient (Wildman–Crippen LogP) is 3.57. The van der Waals surface area contributed by atoms with Crippen molar-refractivity contribution in [3.8, 4) is 0 Å². The molecule has 1 atom stereocenters. The molecule has 0 heterocycles. The van der Waals surface area contributed by atoms with Crippen molar-refractivity contribution >= 4 is 38.5 Å². The molecule has 0 aromatic heterocycles. The highest BCUT2D eigenvalue weighted by Gasteiger charge is 2.21. The fourth-order valence-electron chi connectivity index (χ4n) is 2.08. The summed E-state index contributed by atoms with van der Waals surface area (Å²) in [6, 6.07) is 11.3. The quantitative estimate of drug-likeness (QED) is 0.692. The van der Waals surface area contributed by atoms with Crippen LogP contribution in [-0.4, -0.2) is 21.7 Å². The van der Waals surface area contributed by atoms with Crippen LogP contribution >= 0.6 is 15.9 Å². The number of hydrogen-bond donors (Lipinski definition) is 1. The zero-order chi connectivity index (χ0) is 14.0. The van der Waals surface area contributed by atoms with Crippen molar-refractivity contribution in [3.63, 3.8) is 0 Å². The van der Waals surface area contributed by atoms with Gasteiger partial charge in [0.05, 0.1) is 11.2 Å². The van der Waals surface area contributed by atoms with E-state index in [2.05, 4.69) is 15.9 Å². The Kier molecular flexibility index (Phi) is 4.00. The van der Waals surface area contributed by atoms with E-state index >= 15 is 0 Å². The Morgan fingerprint density at radius 2 is 1.79 bits per heavy atom. The molecular weight excluding hydrogens is 308 g/mol. The van der Waals surface area contributed by atoms with Crippen LogP contribution in [0.5, 0.6) is 0 Å². The first kappa shape index (κ1) is 13.7. The Bertz CT molecular complexity index is 649. The molecular formula is C15H13BrO3. The van der Waals surface area contributed by atoms with Crippen molar-refractivity contribution < 1.29 is 14.7 Å². The van der Waals surface area contributed by atoms with Crippen LogP contribution in [0.25, 0.3) is 10.8 Å². The average Bonchev–Trinajstić information content (AvgIpc) is 2.38. The van der Waals surface area contributed by atoms with Crippen LogP contribution in [0.4, 0.5) is 0 Å². The molecule has 2 aromatic carbocycles. The molecule has 1 unspecified atom stereocenters. The van der Waals surface area contributed by atoms with Crippen molar-refractivity contribution in [2.45, 2.75) is 18.2 Å². The summed E-state index contributed by atoms with van der Waals surface area (Å²) in [4.78, 5) is 22.3. The SMILES string of the molecule is Cc1ccc(C(=O)C(Br)CC(=O)O)c2ccccc12. The van der Waals surface area contributed by atoms with Gasteiger partial charge in [-0.2, -0.15) is 0 Å². The maximum absolute atomic E-state index is 12.3. The molecule has 3 nitrogen and oxygen atoms in total. The molecule has 0 aliphatic rings. The largest absolute Gasteiger partial charge is 0.481 e. The Morgan fingerprint density at radius 3 is 2.42 bits per heavy atom. The van der Waals surface area contributed by atoms with E-state index in [1.807, 2.05) is 37.3 Å². The van der Waals surface area contributed by atoms with Gasteiger partial charge < -0.3 is 5.11 Å². The summed E-state index contributed by atoms with van der Waals surface area (Å²) in [5, 5.41) is 10.6. The lowest BCUT2D eigenvalue weighted by Crippen LogP contribution is -2.18. The summed E-state index contributed by atoms with van der Waals surface area (Å²) >= 11 is 3.15. The molecule has 0 fully saturated rings. The van der Waals surface area contributed by atoms with E-state index in [0.717, 1.165) is 16.3 Å². The Balaban J connectivity index is 2.48. The van der Waals surface area contributed by atoms with Gasteiger partial charge in [0.2, 0.25) is 0 Å². The Hall–Kier alpha value is -1.68. The van der Waals surface area contributed by atoms with Gasteiger partial charge in [-0.15, -0.1) is 0 Å². The van der Waals surface area contributed by atoms with E-state index in [9.17, 15) is 9.59 Å². The topological polar surface area (TPSA) is 54.4 Å². The molecule has 1 N–H and O–H groups in total. The molecule has 19 heavy (non-hydrogen) atoms. The molecule has 2 aromatic rings. The predicted molar refractivity (Wildman–Crippen MR) is 78.0 cm³/mol. The number of benzene rings is 2. The monoisotopic (exact) mass is 320 g/mol. The number of carboxylic acid groups (broad SMARTS) is 1. The average molecular weight is 321 g/mol. The molecule has 0 radical (unpaired) electrons. The van der Waals surface area contributed by atoms with E-state index in [4.69, 9.17) is 5.11 Å². The molecule has 0 spiro atoms. The van der Waals surface area contributed by atoms with Gasteiger partial charge in [0.1, 0.15) is 0 Å². The molecule has 4 heteroatoms. The molecule has 0 bridgehead atoms. The Morgan fingerprint density at radius 1 is 1.16 bits per heavy atom. The minimum absolute atomic E-state index is 0.196. The highest BCUT2D eigenvalue weighted by molar-refractivity contribution is 9.10.